The fourth-order valence-electron chi connectivity index (χ4n) is 2.18. The molecule has 0 aliphatic carbocycles. The van der Waals surface area contributed by atoms with Gasteiger partial charge in [-0.2, -0.15) is 5.10 Å². The Hall–Kier alpha value is -2.30. The van der Waals surface area contributed by atoms with Gasteiger partial charge >= 0.3 is 0 Å². The highest BCUT2D eigenvalue weighted by atomic mass is 16.1. The van der Waals surface area contributed by atoms with Crippen LogP contribution < -0.4 is 11.1 Å². The highest BCUT2D eigenvalue weighted by Crippen LogP contribution is 2.18. The molecule has 1 unspecified atom stereocenters. The molecule has 20 heavy (non-hydrogen) atoms. The van der Waals surface area contributed by atoms with E-state index in [0.29, 0.717) is 11.3 Å². The third kappa shape index (κ3) is 2.66. The van der Waals surface area contributed by atoms with Gasteiger partial charge in [0, 0.05) is 29.6 Å². The van der Waals surface area contributed by atoms with Gasteiger partial charge in [-0.25, -0.2) is 0 Å². The van der Waals surface area contributed by atoms with Gasteiger partial charge in [0.1, 0.15) is 0 Å². The molecule has 106 valence electrons. The van der Waals surface area contributed by atoms with Crippen molar-refractivity contribution < 1.29 is 4.79 Å². The van der Waals surface area contributed by atoms with Gasteiger partial charge in [0.05, 0.1) is 12.2 Å². The number of hydrogen-bond acceptors (Lipinski definition) is 3. The van der Waals surface area contributed by atoms with E-state index in [4.69, 9.17) is 5.73 Å². The van der Waals surface area contributed by atoms with Crippen molar-refractivity contribution in [2.75, 3.05) is 5.73 Å². The highest BCUT2D eigenvalue weighted by Gasteiger charge is 2.16. The maximum absolute atomic E-state index is 12.3. The molecule has 0 saturated heterocycles. The number of nitrogens with two attached hydrogens (primary N) is 1. The van der Waals surface area contributed by atoms with E-state index < -0.39 is 0 Å². The van der Waals surface area contributed by atoms with E-state index in [9.17, 15) is 4.79 Å². The number of rotatable bonds is 3. The monoisotopic (exact) mass is 272 g/mol. The van der Waals surface area contributed by atoms with Gasteiger partial charge in [-0.3, -0.25) is 9.48 Å². The van der Waals surface area contributed by atoms with E-state index in [0.717, 1.165) is 16.8 Å². The standard InChI is InChI=1S/C15H20N4O/c1-9-5-6-12(16)7-13(9)15(20)18-10(2)14-8-17-19(4)11(14)3/h5-8,10H,16H2,1-4H3,(H,18,20). The highest BCUT2D eigenvalue weighted by molar-refractivity contribution is 5.96. The lowest BCUT2D eigenvalue weighted by Gasteiger charge is -2.15. The molecule has 2 rings (SSSR count). The zero-order chi connectivity index (χ0) is 14.9. The van der Waals surface area contributed by atoms with E-state index in [1.54, 1.807) is 23.0 Å². The van der Waals surface area contributed by atoms with Crippen molar-refractivity contribution in [2.24, 2.45) is 7.05 Å². The number of carbonyl (C=O) groups is 1. The minimum Gasteiger partial charge on any atom is -0.399 e. The van der Waals surface area contributed by atoms with Crippen LogP contribution in [0.2, 0.25) is 0 Å². The number of amides is 1. The maximum atomic E-state index is 12.3. The van der Waals surface area contributed by atoms with Crippen LogP contribution in [0.1, 0.15) is 40.1 Å². The number of carbonyl (C=O) groups excluding carboxylic acids is 1. The van der Waals surface area contributed by atoms with Gasteiger partial charge in [-0.1, -0.05) is 6.07 Å². The van der Waals surface area contributed by atoms with Crippen molar-refractivity contribution in [1.82, 2.24) is 15.1 Å². The average Bonchev–Trinajstić information content (AvgIpc) is 2.73. The third-order valence-electron chi connectivity index (χ3n) is 3.59. The summed E-state index contributed by atoms with van der Waals surface area (Å²) < 4.78 is 1.80. The summed E-state index contributed by atoms with van der Waals surface area (Å²) in [4.78, 5) is 12.3. The van der Waals surface area contributed by atoms with Gasteiger partial charge in [0.2, 0.25) is 0 Å². The smallest absolute Gasteiger partial charge is 0.252 e. The van der Waals surface area contributed by atoms with E-state index in [2.05, 4.69) is 10.4 Å². The zero-order valence-corrected chi connectivity index (χ0v) is 12.3. The molecule has 1 aromatic carbocycles. The van der Waals surface area contributed by atoms with Gasteiger partial charge in [-0.05, 0) is 38.5 Å². The zero-order valence-electron chi connectivity index (χ0n) is 12.3. The van der Waals surface area contributed by atoms with Crippen LogP contribution >= 0.6 is 0 Å². The molecule has 0 aliphatic rings. The van der Waals surface area contributed by atoms with Crippen LogP contribution in [0.25, 0.3) is 0 Å². The molecule has 3 N–H and O–H groups in total. The lowest BCUT2D eigenvalue weighted by atomic mass is 10.1. The summed E-state index contributed by atoms with van der Waals surface area (Å²) in [6.45, 7) is 5.83. The Morgan fingerprint density at radius 3 is 2.70 bits per heavy atom. The first kappa shape index (κ1) is 14.1. The van der Waals surface area contributed by atoms with Crippen LogP contribution in [0.15, 0.2) is 24.4 Å². The summed E-state index contributed by atoms with van der Waals surface area (Å²) in [5.41, 5.74) is 9.91. The molecule has 2 aromatic rings. The molecule has 1 heterocycles. The number of benzene rings is 1. The van der Waals surface area contributed by atoms with Crippen LogP contribution in [0, 0.1) is 13.8 Å². The summed E-state index contributed by atoms with van der Waals surface area (Å²) >= 11 is 0. The SMILES string of the molecule is Cc1ccc(N)cc1C(=O)NC(C)c1cnn(C)c1C. The quantitative estimate of drug-likeness (QED) is 0.840. The first-order valence-corrected chi connectivity index (χ1v) is 6.55. The molecule has 0 aliphatic heterocycles. The van der Waals surface area contributed by atoms with Crippen LogP contribution in [0.4, 0.5) is 5.69 Å². The number of aromatic nitrogens is 2. The average molecular weight is 272 g/mol. The second kappa shape index (κ2) is 5.36. The Labute approximate surface area is 118 Å². The largest absolute Gasteiger partial charge is 0.399 e. The first-order valence-electron chi connectivity index (χ1n) is 6.55. The molecule has 0 saturated carbocycles. The van der Waals surface area contributed by atoms with Crippen LogP contribution in [0.3, 0.4) is 0 Å². The van der Waals surface area contributed by atoms with E-state index >= 15 is 0 Å². The first-order chi connectivity index (χ1) is 9.40. The molecule has 1 atom stereocenters. The second-order valence-corrected chi connectivity index (χ2v) is 5.08. The number of nitrogens with zero attached hydrogens (tertiary/aromatic N) is 2. The van der Waals surface area contributed by atoms with Crippen molar-refractivity contribution in [3.63, 3.8) is 0 Å². The Morgan fingerprint density at radius 2 is 2.10 bits per heavy atom. The van der Waals surface area contributed by atoms with Crippen molar-refractivity contribution in [3.8, 4) is 0 Å². The normalized spacial score (nSPS) is 12.2. The lowest BCUT2D eigenvalue weighted by Crippen LogP contribution is -2.27. The molecular formula is C15H20N4O. The summed E-state index contributed by atoms with van der Waals surface area (Å²) in [6, 6.07) is 5.25. The number of hydrogen-bond donors (Lipinski definition) is 2. The molecule has 0 spiro atoms. The molecule has 0 bridgehead atoms. The molecule has 5 heteroatoms. The van der Waals surface area contributed by atoms with Crippen molar-refractivity contribution in [3.05, 3.63) is 46.8 Å². The third-order valence-corrected chi connectivity index (χ3v) is 3.59. The molecule has 0 fully saturated rings. The van der Waals surface area contributed by atoms with Crippen LogP contribution in [-0.4, -0.2) is 15.7 Å². The van der Waals surface area contributed by atoms with Crippen molar-refractivity contribution in [2.45, 2.75) is 26.8 Å². The van der Waals surface area contributed by atoms with Gasteiger partial charge < -0.3 is 11.1 Å². The molecule has 0 radical (unpaired) electrons. The molecule has 5 nitrogen and oxygen atoms in total. The van der Waals surface area contributed by atoms with Crippen LogP contribution in [0.5, 0.6) is 0 Å². The van der Waals surface area contributed by atoms with Crippen molar-refractivity contribution >= 4 is 11.6 Å². The lowest BCUT2D eigenvalue weighted by molar-refractivity contribution is 0.0939. The van der Waals surface area contributed by atoms with E-state index in [1.165, 1.54) is 0 Å². The summed E-state index contributed by atoms with van der Waals surface area (Å²) in [5.74, 6) is -0.120. The number of aryl methyl sites for hydroxylation is 2. The number of nitrogen functional groups attached to an aromatic ring is 1. The Balaban J connectivity index is 2.19. The molecule has 1 amide bonds. The predicted molar refractivity (Wildman–Crippen MR) is 79.4 cm³/mol. The Kier molecular flexibility index (Phi) is 3.79. The fourth-order valence-corrected chi connectivity index (χ4v) is 2.18. The minimum absolute atomic E-state index is 0.1000. The Bertz CT molecular complexity index is 645. The van der Waals surface area contributed by atoms with Crippen molar-refractivity contribution in [1.29, 1.82) is 0 Å². The minimum atomic E-state index is -0.120. The van der Waals surface area contributed by atoms with Crippen LogP contribution in [-0.2, 0) is 7.05 Å². The number of nitrogens with one attached hydrogen (secondary N) is 1. The maximum Gasteiger partial charge on any atom is 0.252 e. The van der Waals surface area contributed by atoms with E-state index in [1.807, 2.05) is 33.9 Å². The van der Waals surface area contributed by atoms with E-state index in [-0.39, 0.29) is 11.9 Å². The topological polar surface area (TPSA) is 72.9 Å². The molecule has 1 aromatic heterocycles. The predicted octanol–water partition coefficient (Wildman–Crippen LogP) is 2.11. The number of anilines is 1. The van der Waals surface area contributed by atoms with Gasteiger partial charge in [0.25, 0.3) is 5.91 Å². The second-order valence-electron chi connectivity index (χ2n) is 5.08. The Morgan fingerprint density at radius 1 is 1.40 bits per heavy atom. The fraction of sp³-hybridized carbons (Fsp3) is 0.333. The van der Waals surface area contributed by atoms with Gasteiger partial charge in [0.15, 0.2) is 0 Å². The molecular weight excluding hydrogens is 252 g/mol. The van der Waals surface area contributed by atoms with Gasteiger partial charge in [-0.15, -0.1) is 0 Å². The summed E-state index contributed by atoms with van der Waals surface area (Å²) in [6.07, 6.45) is 1.78. The summed E-state index contributed by atoms with van der Waals surface area (Å²) in [5, 5.41) is 7.18. The summed E-state index contributed by atoms with van der Waals surface area (Å²) in [7, 11) is 1.88.